The molecule has 0 aliphatic rings. The number of nitrogens with two attached hydrogens (primary N) is 1. The quantitative estimate of drug-likeness (QED) is 0.850. The van der Waals surface area contributed by atoms with Crippen molar-refractivity contribution in [2.45, 2.75) is 13.1 Å². The molecule has 0 unspecified atom stereocenters. The van der Waals surface area contributed by atoms with Crippen LogP contribution in [0.1, 0.15) is 17.1 Å². The summed E-state index contributed by atoms with van der Waals surface area (Å²) in [5, 5.41) is 3.38. The van der Waals surface area contributed by atoms with Gasteiger partial charge in [0, 0.05) is 11.9 Å². The van der Waals surface area contributed by atoms with Gasteiger partial charge in [0.25, 0.3) is 5.95 Å². The highest BCUT2D eigenvalue weighted by Crippen LogP contribution is 2.27. The third-order valence-electron chi connectivity index (χ3n) is 2.18. The van der Waals surface area contributed by atoms with Gasteiger partial charge in [-0.05, 0) is 19.1 Å². The fourth-order valence-electron chi connectivity index (χ4n) is 1.37. The van der Waals surface area contributed by atoms with Crippen molar-refractivity contribution >= 4 is 17.2 Å². The van der Waals surface area contributed by atoms with E-state index in [4.69, 9.17) is 18.0 Å². The maximum absolute atomic E-state index is 12.4. The number of halogens is 3. The number of alkyl halides is 3. The van der Waals surface area contributed by atoms with E-state index in [1.54, 1.807) is 13.0 Å². The first-order chi connectivity index (χ1) is 8.77. The third kappa shape index (κ3) is 2.87. The van der Waals surface area contributed by atoms with E-state index in [-0.39, 0.29) is 16.6 Å². The number of thiocarbonyl (C=S) groups is 1. The van der Waals surface area contributed by atoms with Gasteiger partial charge in [-0.3, -0.25) is 0 Å². The highest BCUT2D eigenvalue weighted by atomic mass is 32.1. The largest absolute Gasteiger partial charge is 0.435 e. The molecular formula is C10H8F3N5S. The zero-order chi connectivity index (χ0) is 14.2. The summed E-state index contributed by atoms with van der Waals surface area (Å²) in [6.45, 7) is 1.65. The van der Waals surface area contributed by atoms with Crippen LogP contribution in [0.4, 0.5) is 13.2 Å². The van der Waals surface area contributed by atoms with Gasteiger partial charge in [-0.2, -0.15) is 18.3 Å². The Morgan fingerprint density at radius 3 is 2.58 bits per heavy atom. The summed E-state index contributed by atoms with van der Waals surface area (Å²) in [6, 6.07) is 2.38. The number of hydrogen-bond acceptors (Lipinski definition) is 4. The molecule has 0 aromatic carbocycles. The second-order valence-electron chi connectivity index (χ2n) is 3.70. The number of hydrogen-bond donors (Lipinski definition) is 1. The van der Waals surface area contributed by atoms with E-state index in [2.05, 4.69) is 15.1 Å². The topological polar surface area (TPSA) is 69.6 Å². The van der Waals surface area contributed by atoms with Crippen molar-refractivity contribution in [1.29, 1.82) is 0 Å². The molecule has 19 heavy (non-hydrogen) atoms. The van der Waals surface area contributed by atoms with Crippen LogP contribution in [0.2, 0.25) is 0 Å². The van der Waals surface area contributed by atoms with Gasteiger partial charge in [-0.25, -0.2) is 14.6 Å². The zero-order valence-electron chi connectivity index (χ0n) is 9.64. The van der Waals surface area contributed by atoms with Crippen LogP contribution >= 0.6 is 12.2 Å². The smallest absolute Gasteiger partial charge is 0.388 e. The molecule has 2 N–H and O–H groups in total. The van der Waals surface area contributed by atoms with Crippen LogP contribution < -0.4 is 5.73 Å². The van der Waals surface area contributed by atoms with Crippen molar-refractivity contribution in [2.75, 3.05) is 0 Å². The lowest BCUT2D eigenvalue weighted by Crippen LogP contribution is -2.15. The van der Waals surface area contributed by atoms with E-state index in [0.29, 0.717) is 5.69 Å². The van der Waals surface area contributed by atoms with E-state index in [1.807, 2.05) is 0 Å². The minimum absolute atomic E-state index is 0.0155. The monoisotopic (exact) mass is 287 g/mol. The Morgan fingerprint density at radius 2 is 2.05 bits per heavy atom. The Labute approximate surface area is 111 Å². The summed E-state index contributed by atoms with van der Waals surface area (Å²) >= 11 is 4.77. The van der Waals surface area contributed by atoms with Crippen molar-refractivity contribution in [3.8, 4) is 5.95 Å². The zero-order valence-corrected chi connectivity index (χ0v) is 10.5. The molecular weight excluding hydrogens is 279 g/mol. The normalized spacial score (nSPS) is 11.6. The van der Waals surface area contributed by atoms with Gasteiger partial charge in [0.15, 0.2) is 5.69 Å². The Bertz CT molecular complexity index is 634. The third-order valence-corrected chi connectivity index (χ3v) is 2.39. The standard InChI is InChI=1S/C10H8F3N5S/c1-5-4-6(8(14)19)16-9(15-5)18-3-2-7(17-18)10(11,12)13/h2-4H,1H3,(H2,14,19). The van der Waals surface area contributed by atoms with Crippen molar-refractivity contribution in [3.05, 3.63) is 35.4 Å². The van der Waals surface area contributed by atoms with Gasteiger partial charge in [-0.15, -0.1) is 0 Å². The van der Waals surface area contributed by atoms with E-state index in [1.165, 1.54) is 0 Å². The molecule has 0 aliphatic heterocycles. The predicted molar refractivity (Wildman–Crippen MR) is 64.8 cm³/mol. The van der Waals surface area contributed by atoms with Crippen molar-refractivity contribution in [1.82, 2.24) is 19.7 Å². The molecule has 0 saturated heterocycles. The molecule has 100 valence electrons. The number of aryl methyl sites for hydroxylation is 1. The molecule has 2 aromatic heterocycles. The Balaban J connectivity index is 2.47. The number of nitrogens with zero attached hydrogens (tertiary/aromatic N) is 4. The number of aromatic nitrogens is 4. The second kappa shape index (κ2) is 4.57. The molecule has 0 fully saturated rings. The van der Waals surface area contributed by atoms with Crippen molar-refractivity contribution < 1.29 is 13.2 Å². The van der Waals surface area contributed by atoms with Gasteiger partial charge in [-0.1, -0.05) is 12.2 Å². The average Bonchev–Trinajstić information content (AvgIpc) is 2.76. The highest BCUT2D eigenvalue weighted by molar-refractivity contribution is 7.80. The SMILES string of the molecule is Cc1cc(C(N)=S)nc(-n2ccc(C(F)(F)F)n2)n1. The Kier molecular flexibility index (Phi) is 3.23. The first-order valence-electron chi connectivity index (χ1n) is 5.06. The van der Waals surface area contributed by atoms with E-state index in [9.17, 15) is 13.2 Å². The summed E-state index contributed by atoms with van der Waals surface area (Å²) in [4.78, 5) is 7.98. The molecule has 2 rings (SSSR count). The molecule has 0 amide bonds. The fourth-order valence-corrected chi connectivity index (χ4v) is 1.47. The van der Waals surface area contributed by atoms with Crippen molar-refractivity contribution in [3.63, 3.8) is 0 Å². The van der Waals surface area contributed by atoms with Gasteiger partial charge >= 0.3 is 6.18 Å². The summed E-state index contributed by atoms with van der Waals surface area (Å²) < 4.78 is 38.3. The first-order valence-corrected chi connectivity index (χ1v) is 5.47. The molecule has 5 nitrogen and oxygen atoms in total. The number of rotatable bonds is 2. The van der Waals surface area contributed by atoms with Gasteiger partial charge in [0.1, 0.15) is 10.7 Å². The Hall–Kier alpha value is -2.03. The summed E-state index contributed by atoms with van der Waals surface area (Å²) in [7, 11) is 0. The fraction of sp³-hybridized carbons (Fsp3) is 0.200. The van der Waals surface area contributed by atoms with Crippen LogP contribution in [0.3, 0.4) is 0 Å². The summed E-state index contributed by atoms with van der Waals surface area (Å²) in [5.41, 5.74) is 5.22. The first kappa shape index (κ1) is 13.4. The molecule has 0 radical (unpaired) electrons. The van der Waals surface area contributed by atoms with E-state index in [0.717, 1.165) is 16.9 Å². The van der Waals surface area contributed by atoms with Crippen molar-refractivity contribution in [2.24, 2.45) is 5.73 Å². The lowest BCUT2D eigenvalue weighted by molar-refractivity contribution is -0.141. The summed E-state index contributed by atoms with van der Waals surface area (Å²) in [5.74, 6) is -0.0155. The van der Waals surface area contributed by atoms with E-state index >= 15 is 0 Å². The summed E-state index contributed by atoms with van der Waals surface area (Å²) in [6.07, 6.45) is -3.39. The minimum atomic E-state index is -4.51. The van der Waals surface area contributed by atoms with Gasteiger partial charge in [0.2, 0.25) is 0 Å². The maximum Gasteiger partial charge on any atom is 0.435 e. The molecule has 0 atom stereocenters. The van der Waals surface area contributed by atoms with Crippen LogP contribution in [0.5, 0.6) is 0 Å². The van der Waals surface area contributed by atoms with Crippen LogP contribution in [-0.2, 0) is 6.18 Å². The molecule has 0 spiro atoms. The van der Waals surface area contributed by atoms with Crippen LogP contribution in [-0.4, -0.2) is 24.7 Å². The molecule has 9 heteroatoms. The van der Waals surface area contributed by atoms with E-state index < -0.39 is 11.9 Å². The minimum Gasteiger partial charge on any atom is -0.388 e. The van der Waals surface area contributed by atoms with Gasteiger partial charge < -0.3 is 5.73 Å². The Morgan fingerprint density at radius 1 is 1.37 bits per heavy atom. The highest BCUT2D eigenvalue weighted by Gasteiger charge is 2.33. The molecule has 0 saturated carbocycles. The predicted octanol–water partition coefficient (Wildman–Crippen LogP) is 1.62. The van der Waals surface area contributed by atoms with Gasteiger partial charge in [0.05, 0.1) is 0 Å². The van der Waals surface area contributed by atoms with Crippen LogP contribution in [0, 0.1) is 6.92 Å². The average molecular weight is 287 g/mol. The lowest BCUT2D eigenvalue weighted by atomic mass is 10.3. The molecule has 0 aliphatic carbocycles. The molecule has 0 bridgehead atoms. The second-order valence-corrected chi connectivity index (χ2v) is 4.14. The maximum atomic E-state index is 12.4. The molecule has 2 heterocycles. The lowest BCUT2D eigenvalue weighted by Gasteiger charge is -2.05. The van der Waals surface area contributed by atoms with Crippen LogP contribution in [0.25, 0.3) is 5.95 Å². The molecule has 2 aromatic rings. The van der Waals surface area contributed by atoms with Crippen LogP contribution in [0.15, 0.2) is 18.3 Å².